The predicted molar refractivity (Wildman–Crippen MR) is 76.9 cm³/mol. The van der Waals surface area contributed by atoms with Crippen molar-refractivity contribution >= 4 is 5.82 Å². The molecule has 1 N–H and O–H groups in total. The van der Waals surface area contributed by atoms with E-state index in [4.69, 9.17) is 0 Å². The smallest absolute Gasteiger partial charge is 0.133 e. The third kappa shape index (κ3) is 3.02. The third-order valence-corrected chi connectivity index (χ3v) is 3.76. The van der Waals surface area contributed by atoms with Crippen LogP contribution in [-0.2, 0) is 6.54 Å². The zero-order valence-corrected chi connectivity index (χ0v) is 11.7. The van der Waals surface area contributed by atoms with E-state index in [1.807, 2.05) is 19.3 Å². The number of anilines is 1. The van der Waals surface area contributed by atoms with Crippen molar-refractivity contribution in [2.24, 2.45) is 0 Å². The van der Waals surface area contributed by atoms with Crippen LogP contribution in [0.15, 0.2) is 18.3 Å². The van der Waals surface area contributed by atoms with Crippen LogP contribution in [0.3, 0.4) is 0 Å². The summed E-state index contributed by atoms with van der Waals surface area (Å²) in [7, 11) is 2.00. The molecule has 0 amide bonds. The Morgan fingerprint density at radius 2 is 2.33 bits per heavy atom. The molecule has 18 heavy (non-hydrogen) atoms. The van der Waals surface area contributed by atoms with Crippen LogP contribution < -0.4 is 10.2 Å². The first kappa shape index (κ1) is 13.3. The Balaban J connectivity index is 2.21. The molecule has 1 fully saturated rings. The van der Waals surface area contributed by atoms with E-state index in [9.17, 15) is 0 Å². The maximum atomic E-state index is 4.64. The van der Waals surface area contributed by atoms with Crippen molar-refractivity contribution in [3.63, 3.8) is 0 Å². The summed E-state index contributed by atoms with van der Waals surface area (Å²) >= 11 is 0. The number of piperidine rings is 1. The van der Waals surface area contributed by atoms with E-state index in [-0.39, 0.29) is 0 Å². The maximum Gasteiger partial charge on any atom is 0.133 e. The molecule has 1 atom stereocenters. The molecule has 3 nitrogen and oxygen atoms in total. The molecule has 100 valence electrons. The van der Waals surface area contributed by atoms with Gasteiger partial charge < -0.3 is 10.2 Å². The quantitative estimate of drug-likeness (QED) is 0.867. The van der Waals surface area contributed by atoms with Crippen molar-refractivity contribution < 1.29 is 0 Å². The van der Waals surface area contributed by atoms with Gasteiger partial charge in [-0.3, -0.25) is 0 Å². The molecule has 0 spiro atoms. The van der Waals surface area contributed by atoms with Crippen molar-refractivity contribution in [3.8, 4) is 0 Å². The lowest BCUT2D eigenvalue weighted by atomic mass is 9.97. The largest absolute Gasteiger partial charge is 0.353 e. The number of rotatable bonds is 5. The number of nitrogens with zero attached hydrogens (tertiary/aromatic N) is 2. The van der Waals surface area contributed by atoms with Gasteiger partial charge in [-0.25, -0.2) is 4.98 Å². The van der Waals surface area contributed by atoms with E-state index in [2.05, 4.69) is 28.2 Å². The second kappa shape index (κ2) is 6.74. The molecule has 1 aromatic heterocycles. The first-order valence-electron chi connectivity index (χ1n) is 7.22. The fraction of sp³-hybridized carbons (Fsp3) is 0.667. The predicted octanol–water partition coefficient (Wildman–Crippen LogP) is 2.96. The second-order valence-electron chi connectivity index (χ2n) is 5.15. The highest BCUT2D eigenvalue weighted by molar-refractivity contribution is 5.48. The summed E-state index contributed by atoms with van der Waals surface area (Å²) in [5.41, 5.74) is 1.32. The number of pyridine rings is 1. The Morgan fingerprint density at radius 3 is 3.11 bits per heavy atom. The maximum absolute atomic E-state index is 4.64. The van der Waals surface area contributed by atoms with Crippen LogP contribution in [0, 0.1) is 0 Å². The zero-order chi connectivity index (χ0) is 12.8. The minimum atomic E-state index is 0.689. The van der Waals surface area contributed by atoms with E-state index >= 15 is 0 Å². The van der Waals surface area contributed by atoms with E-state index in [1.165, 1.54) is 50.0 Å². The van der Waals surface area contributed by atoms with Gasteiger partial charge in [-0.15, -0.1) is 0 Å². The van der Waals surface area contributed by atoms with Gasteiger partial charge in [-0.05, 0) is 38.8 Å². The summed E-state index contributed by atoms with van der Waals surface area (Å²) in [4.78, 5) is 7.18. The molecule has 0 saturated carbocycles. The van der Waals surface area contributed by atoms with E-state index in [1.54, 1.807) is 0 Å². The lowest BCUT2D eigenvalue weighted by molar-refractivity contribution is 0.430. The topological polar surface area (TPSA) is 28.2 Å². The molecule has 1 saturated heterocycles. The Morgan fingerprint density at radius 1 is 1.44 bits per heavy atom. The van der Waals surface area contributed by atoms with E-state index in [0.717, 1.165) is 6.54 Å². The monoisotopic (exact) mass is 247 g/mol. The zero-order valence-electron chi connectivity index (χ0n) is 11.7. The Kier molecular flexibility index (Phi) is 5.00. The molecule has 1 unspecified atom stereocenters. The average molecular weight is 247 g/mol. The molecule has 1 aliphatic heterocycles. The first-order valence-corrected chi connectivity index (χ1v) is 7.22. The molecule has 2 heterocycles. The Labute approximate surface area is 111 Å². The summed E-state index contributed by atoms with van der Waals surface area (Å²) in [6.45, 7) is 4.34. The molecule has 2 rings (SSSR count). The van der Waals surface area contributed by atoms with Crippen LogP contribution in [0.5, 0.6) is 0 Å². The van der Waals surface area contributed by atoms with Gasteiger partial charge in [0.1, 0.15) is 5.82 Å². The SMILES string of the molecule is CCCC1CCCCN1c1ncccc1CNC. The summed E-state index contributed by atoms with van der Waals surface area (Å²) in [6.07, 6.45) is 8.46. The fourth-order valence-corrected chi connectivity index (χ4v) is 2.93. The first-order chi connectivity index (χ1) is 8.86. The lowest BCUT2D eigenvalue weighted by Gasteiger charge is -2.37. The lowest BCUT2D eigenvalue weighted by Crippen LogP contribution is -2.40. The van der Waals surface area contributed by atoms with Crippen LogP contribution in [0.2, 0.25) is 0 Å². The molecule has 1 aliphatic rings. The Bertz CT molecular complexity index is 363. The summed E-state index contributed by atoms with van der Waals surface area (Å²) in [5.74, 6) is 1.20. The van der Waals surface area contributed by atoms with Gasteiger partial charge in [0, 0.05) is 30.9 Å². The van der Waals surface area contributed by atoms with Crippen molar-refractivity contribution in [2.45, 2.75) is 51.6 Å². The molecule has 0 bridgehead atoms. The van der Waals surface area contributed by atoms with Gasteiger partial charge in [0.15, 0.2) is 0 Å². The summed E-state index contributed by atoms with van der Waals surface area (Å²) in [5, 5.41) is 3.24. The number of nitrogens with one attached hydrogen (secondary N) is 1. The highest BCUT2D eigenvalue weighted by Gasteiger charge is 2.24. The van der Waals surface area contributed by atoms with E-state index in [0.29, 0.717) is 6.04 Å². The standard InChI is InChI=1S/C15H25N3/c1-3-7-14-9-4-5-11-18(14)15-13(12-16-2)8-6-10-17-15/h6,8,10,14,16H,3-5,7,9,11-12H2,1-2H3. The van der Waals surface area contributed by atoms with Gasteiger partial charge in [-0.1, -0.05) is 19.4 Å². The van der Waals surface area contributed by atoms with Crippen molar-refractivity contribution in [2.75, 3.05) is 18.5 Å². The second-order valence-corrected chi connectivity index (χ2v) is 5.15. The third-order valence-electron chi connectivity index (χ3n) is 3.76. The molecule has 1 aromatic rings. The highest BCUT2D eigenvalue weighted by atomic mass is 15.2. The van der Waals surface area contributed by atoms with Gasteiger partial charge in [-0.2, -0.15) is 0 Å². The number of hydrogen-bond acceptors (Lipinski definition) is 3. The molecule has 0 aliphatic carbocycles. The van der Waals surface area contributed by atoms with Crippen molar-refractivity contribution in [1.82, 2.24) is 10.3 Å². The van der Waals surface area contributed by atoms with Gasteiger partial charge in [0.05, 0.1) is 0 Å². The summed E-state index contributed by atoms with van der Waals surface area (Å²) in [6, 6.07) is 4.92. The van der Waals surface area contributed by atoms with Crippen LogP contribution in [0.25, 0.3) is 0 Å². The number of hydrogen-bond donors (Lipinski definition) is 1. The highest BCUT2D eigenvalue weighted by Crippen LogP contribution is 2.28. The minimum Gasteiger partial charge on any atom is -0.353 e. The fourth-order valence-electron chi connectivity index (χ4n) is 2.93. The summed E-state index contributed by atoms with van der Waals surface area (Å²) < 4.78 is 0. The van der Waals surface area contributed by atoms with Gasteiger partial charge >= 0.3 is 0 Å². The van der Waals surface area contributed by atoms with E-state index < -0.39 is 0 Å². The number of aromatic nitrogens is 1. The minimum absolute atomic E-state index is 0.689. The molecular formula is C15H25N3. The molecule has 3 heteroatoms. The normalized spacial score (nSPS) is 20.1. The van der Waals surface area contributed by atoms with Gasteiger partial charge in [0.2, 0.25) is 0 Å². The molecule has 0 radical (unpaired) electrons. The Hall–Kier alpha value is -1.09. The average Bonchev–Trinajstić information content (AvgIpc) is 2.41. The molecular weight excluding hydrogens is 222 g/mol. The molecule has 0 aromatic carbocycles. The van der Waals surface area contributed by atoms with Crippen LogP contribution in [0.1, 0.15) is 44.6 Å². The van der Waals surface area contributed by atoms with Gasteiger partial charge in [0.25, 0.3) is 0 Å². The van der Waals surface area contributed by atoms with Crippen molar-refractivity contribution in [3.05, 3.63) is 23.9 Å². The van der Waals surface area contributed by atoms with Crippen LogP contribution >= 0.6 is 0 Å². The van der Waals surface area contributed by atoms with Crippen LogP contribution in [0.4, 0.5) is 5.82 Å². The van der Waals surface area contributed by atoms with Crippen molar-refractivity contribution in [1.29, 1.82) is 0 Å². The van der Waals surface area contributed by atoms with Crippen LogP contribution in [-0.4, -0.2) is 24.6 Å².